The molecule has 0 saturated heterocycles. The highest BCUT2D eigenvalue weighted by molar-refractivity contribution is 7.89. The van der Waals surface area contributed by atoms with Gasteiger partial charge in [0.15, 0.2) is 0 Å². The van der Waals surface area contributed by atoms with Crippen molar-refractivity contribution < 1.29 is 18.1 Å². The number of para-hydroxylation sites is 2. The minimum absolute atomic E-state index is 0.0247. The Morgan fingerprint density at radius 2 is 1.78 bits per heavy atom. The van der Waals surface area contributed by atoms with Crippen LogP contribution in [0.1, 0.15) is 20.8 Å². The maximum atomic E-state index is 13.0. The van der Waals surface area contributed by atoms with Crippen LogP contribution in [0.25, 0.3) is 0 Å². The van der Waals surface area contributed by atoms with Crippen LogP contribution in [-0.2, 0) is 10.0 Å². The normalized spacial score (nSPS) is 11.4. The summed E-state index contributed by atoms with van der Waals surface area (Å²) in [5, 5.41) is 14.1. The van der Waals surface area contributed by atoms with Crippen molar-refractivity contribution in [3.63, 3.8) is 0 Å². The zero-order valence-corrected chi connectivity index (χ0v) is 16.3. The summed E-state index contributed by atoms with van der Waals surface area (Å²) in [7, 11) is -3.76. The number of nitrogens with one attached hydrogen (secondary N) is 1. The molecule has 9 heteroatoms. The SMILES string of the molecule is CCOc1ccc(Nc2ccccc2[N+](=O)[O-])cc1S(=O)(=O)N(CC)CC. The molecule has 0 heterocycles. The van der Waals surface area contributed by atoms with Crippen molar-refractivity contribution in [2.45, 2.75) is 25.7 Å². The molecule has 1 N–H and O–H groups in total. The van der Waals surface area contributed by atoms with Crippen molar-refractivity contribution in [2.24, 2.45) is 0 Å². The molecule has 0 saturated carbocycles. The molecule has 0 aliphatic heterocycles. The Balaban J connectivity index is 2.51. The molecule has 0 unspecified atom stereocenters. The quantitative estimate of drug-likeness (QED) is 0.514. The fourth-order valence-corrected chi connectivity index (χ4v) is 4.27. The number of nitrogens with zero attached hydrogens (tertiary/aromatic N) is 2. The molecule has 0 spiro atoms. The van der Waals surface area contributed by atoms with Crippen LogP contribution in [0, 0.1) is 10.1 Å². The maximum Gasteiger partial charge on any atom is 0.292 e. The third kappa shape index (κ3) is 4.55. The van der Waals surface area contributed by atoms with Crippen LogP contribution in [0.4, 0.5) is 17.1 Å². The maximum absolute atomic E-state index is 13.0. The molecule has 27 heavy (non-hydrogen) atoms. The lowest BCUT2D eigenvalue weighted by molar-refractivity contribution is -0.383. The van der Waals surface area contributed by atoms with E-state index in [1.54, 1.807) is 51.1 Å². The minimum Gasteiger partial charge on any atom is -0.492 e. The number of benzene rings is 2. The second-order valence-electron chi connectivity index (χ2n) is 5.58. The van der Waals surface area contributed by atoms with E-state index < -0.39 is 14.9 Å². The molecule has 2 aromatic carbocycles. The van der Waals surface area contributed by atoms with Gasteiger partial charge in [-0.15, -0.1) is 0 Å². The fraction of sp³-hybridized carbons (Fsp3) is 0.333. The largest absolute Gasteiger partial charge is 0.492 e. The molecule has 2 aromatic rings. The average Bonchev–Trinajstić information content (AvgIpc) is 2.64. The van der Waals surface area contributed by atoms with Crippen LogP contribution in [0.15, 0.2) is 47.4 Å². The zero-order valence-electron chi connectivity index (χ0n) is 15.5. The van der Waals surface area contributed by atoms with E-state index in [4.69, 9.17) is 4.74 Å². The number of nitro benzene ring substituents is 1. The molecule has 2 rings (SSSR count). The third-order valence-electron chi connectivity index (χ3n) is 3.95. The van der Waals surface area contributed by atoms with Gasteiger partial charge < -0.3 is 10.1 Å². The van der Waals surface area contributed by atoms with Crippen molar-refractivity contribution in [3.05, 3.63) is 52.6 Å². The van der Waals surface area contributed by atoms with E-state index in [1.807, 2.05) is 0 Å². The van der Waals surface area contributed by atoms with Crippen LogP contribution < -0.4 is 10.1 Å². The lowest BCUT2D eigenvalue weighted by Gasteiger charge is -2.21. The highest BCUT2D eigenvalue weighted by Crippen LogP contribution is 2.33. The van der Waals surface area contributed by atoms with E-state index in [0.29, 0.717) is 25.4 Å². The molecule has 0 aliphatic carbocycles. The number of rotatable bonds is 9. The molecule has 8 nitrogen and oxygen atoms in total. The van der Waals surface area contributed by atoms with E-state index in [2.05, 4.69) is 5.32 Å². The second kappa shape index (κ2) is 8.83. The van der Waals surface area contributed by atoms with Crippen LogP contribution >= 0.6 is 0 Å². The average molecular weight is 393 g/mol. The number of hydrogen-bond donors (Lipinski definition) is 1. The summed E-state index contributed by atoms with van der Waals surface area (Å²) >= 11 is 0. The summed E-state index contributed by atoms with van der Waals surface area (Å²) in [6, 6.07) is 10.8. The molecule has 0 fully saturated rings. The number of anilines is 2. The lowest BCUT2D eigenvalue weighted by atomic mass is 10.2. The number of nitro groups is 1. The Labute approximate surface area is 159 Å². The summed E-state index contributed by atoms with van der Waals surface area (Å²) in [6.07, 6.45) is 0. The van der Waals surface area contributed by atoms with Crippen LogP contribution in [-0.4, -0.2) is 37.3 Å². The monoisotopic (exact) mass is 393 g/mol. The Morgan fingerprint density at radius 3 is 2.37 bits per heavy atom. The van der Waals surface area contributed by atoms with Gasteiger partial charge in [0.2, 0.25) is 10.0 Å². The topological polar surface area (TPSA) is 102 Å². The summed E-state index contributed by atoms with van der Waals surface area (Å²) in [4.78, 5) is 10.7. The summed E-state index contributed by atoms with van der Waals surface area (Å²) in [5.41, 5.74) is 0.593. The van der Waals surface area contributed by atoms with Crippen molar-refractivity contribution in [1.82, 2.24) is 4.31 Å². The number of ether oxygens (including phenoxy) is 1. The Hall–Kier alpha value is -2.65. The second-order valence-corrected chi connectivity index (χ2v) is 7.49. The number of hydrogen-bond acceptors (Lipinski definition) is 6. The predicted molar refractivity (Wildman–Crippen MR) is 104 cm³/mol. The smallest absolute Gasteiger partial charge is 0.292 e. The summed E-state index contributed by atoms with van der Waals surface area (Å²) < 4.78 is 32.8. The van der Waals surface area contributed by atoms with Crippen molar-refractivity contribution >= 4 is 27.1 Å². The molecule has 0 radical (unpaired) electrons. The van der Waals surface area contributed by atoms with Gasteiger partial charge in [-0.3, -0.25) is 10.1 Å². The van der Waals surface area contributed by atoms with Crippen LogP contribution in [0.2, 0.25) is 0 Å². The van der Waals surface area contributed by atoms with E-state index in [9.17, 15) is 18.5 Å². The lowest BCUT2D eigenvalue weighted by Crippen LogP contribution is -2.31. The molecule has 0 atom stereocenters. The van der Waals surface area contributed by atoms with Gasteiger partial charge in [-0.2, -0.15) is 4.31 Å². The first-order valence-electron chi connectivity index (χ1n) is 8.62. The Bertz CT molecular complexity index is 911. The zero-order chi connectivity index (χ0) is 20.0. The van der Waals surface area contributed by atoms with E-state index in [-0.39, 0.29) is 22.0 Å². The molecule has 0 bridgehead atoms. The first-order chi connectivity index (χ1) is 12.8. The molecular formula is C18H23N3O5S. The van der Waals surface area contributed by atoms with Gasteiger partial charge in [0.05, 0.1) is 11.5 Å². The first-order valence-corrected chi connectivity index (χ1v) is 10.1. The molecule has 0 aromatic heterocycles. The van der Waals surface area contributed by atoms with Crippen molar-refractivity contribution in [2.75, 3.05) is 25.0 Å². The third-order valence-corrected chi connectivity index (χ3v) is 6.02. The molecular weight excluding hydrogens is 370 g/mol. The van der Waals surface area contributed by atoms with Crippen LogP contribution in [0.3, 0.4) is 0 Å². The van der Waals surface area contributed by atoms with Crippen molar-refractivity contribution in [1.29, 1.82) is 0 Å². The van der Waals surface area contributed by atoms with Crippen molar-refractivity contribution in [3.8, 4) is 5.75 Å². The fourth-order valence-electron chi connectivity index (χ4n) is 2.66. The van der Waals surface area contributed by atoms with Gasteiger partial charge in [0.25, 0.3) is 5.69 Å². The highest BCUT2D eigenvalue weighted by atomic mass is 32.2. The predicted octanol–water partition coefficient (Wildman–Crippen LogP) is 3.77. The standard InChI is InChI=1S/C18H23N3O5S/c1-4-20(5-2)27(24,25)18-13-14(11-12-17(18)26-6-3)19-15-9-7-8-10-16(15)21(22)23/h7-13,19H,4-6H2,1-3H3. The van der Waals surface area contributed by atoms with Gasteiger partial charge in [-0.1, -0.05) is 26.0 Å². The molecule has 0 aliphatic rings. The van der Waals surface area contributed by atoms with Gasteiger partial charge >= 0.3 is 0 Å². The van der Waals surface area contributed by atoms with Gasteiger partial charge in [0.1, 0.15) is 16.3 Å². The van der Waals surface area contributed by atoms with Gasteiger partial charge in [-0.25, -0.2) is 8.42 Å². The van der Waals surface area contributed by atoms with Crippen LogP contribution in [0.5, 0.6) is 5.75 Å². The van der Waals surface area contributed by atoms with Gasteiger partial charge in [-0.05, 0) is 31.2 Å². The Kier molecular flexibility index (Phi) is 6.75. The molecule has 0 amide bonds. The van der Waals surface area contributed by atoms with E-state index >= 15 is 0 Å². The first kappa shape index (κ1) is 20.7. The van der Waals surface area contributed by atoms with E-state index in [0.717, 1.165) is 0 Å². The minimum atomic E-state index is -3.76. The van der Waals surface area contributed by atoms with Gasteiger partial charge in [0, 0.05) is 24.8 Å². The summed E-state index contributed by atoms with van der Waals surface area (Å²) in [5.74, 6) is 0.248. The Morgan fingerprint density at radius 1 is 1.11 bits per heavy atom. The summed E-state index contributed by atoms with van der Waals surface area (Å²) in [6.45, 7) is 6.26. The number of sulfonamides is 1. The molecule has 146 valence electrons. The van der Waals surface area contributed by atoms with E-state index in [1.165, 1.54) is 16.4 Å². The highest BCUT2D eigenvalue weighted by Gasteiger charge is 2.26.